The first kappa shape index (κ1) is 28.0. The van der Waals surface area contributed by atoms with Gasteiger partial charge in [-0.3, -0.25) is 14.2 Å². The van der Waals surface area contributed by atoms with E-state index in [0.29, 0.717) is 41.3 Å². The second-order valence-electron chi connectivity index (χ2n) is 9.63. The van der Waals surface area contributed by atoms with Gasteiger partial charge >= 0.3 is 0 Å². The van der Waals surface area contributed by atoms with Gasteiger partial charge in [0.05, 0.1) is 36.3 Å². The molecule has 1 amide bonds. The van der Waals surface area contributed by atoms with Gasteiger partial charge in [0, 0.05) is 6.54 Å². The van der Waals surface area contributed by atoms with Gasteiger partial charge < -0.3 is 14.4 Å². The lowest BCUT2D eigenvalue weighted by Gasteiger charge is -2.30. The highest BCUT2D eigenvalue weighted by Gasteiger charge is 2.26. The van der Waals surface area contributed by atoms with Crippen LogP contribution in [0, 0.1) is 0 Å². The number of ether oxygens (including phenoxy) is 2. The van der Waals surface area contributed by atoms with E-state index in [1.807, 2.05) is 79.7 Å². The maximum absolute atomic E-state index is 13.8. The number of amides is 1. The summed E-state index contributed by atoms with van der Waals surface area (Å²) in [5, 5.41) is 0.524. The molecule has 1 aromatic heterocycles. The van der Waals surface area contributed by atoms with Crippen molar-refractivity contribution in [2.45, 2.75) is 52.2 Å². The quantitative estimate of drug-likeness (QED) is 0.197. The Bertz CT molecular complexity index is 1420. The Kier molecular flexibility index (Phi) is 9.86. The van der Waals surface area contributed by atoms with E-state index in [-0.39, 0.29) is 18.1 Å². The zero-order chi connectivity index (χ0) is 27.6. The van der Waals surface area contributed by atoms with Crippen LogP contribution in [0.25, 0.3) is 16.6 Å². The second-order valence-corrected chi connectivity index (χ2v) is 9.63. The standard InChI is InChI=1S/C32H37N3O4/c1-4-5-6-12-21-34(30(36)23-39-22-25-13-8-7-9-14-25)24(2)31-33-29-16-11-10-15-28(29)32(37)35(31)26-17-19-27(38-3)20-18-26/h7-11,13-20,24H,4-6,12,21-23H2,1-3H3. The number of unbranched alkanes of at least 4 members (excludes halogenated alkanes) is 3. The molecule has 4 aromatic rings. The van der Waals surface area contributed by atoms with E-state index in [2.05, 4.69) is 6.92 Å². The van der Waals surface area contributed by atoms with Crippen molar-refractivity contribution in [3.05, 3.63) is 101 Å². The lowest BCUT2D eigenvalue weighted by atomic mass is 10.1. The van der Waals surface area contributed by atoms with Crippen molar-refractivity contribution in [1.82, 2.24) is 14.5 Å². The number of fused-ring (bicyclic) bond motifs is 1. The van der Waals surface area contributed by atoms with Crippen LogP contribution in [0.4, 0.5) is 0 Å². The number of methoxy groups -OCH3 is 1. The molecule has 1 unspecified atom stereocenters. The summed E-state index contributed by atoms with van der Waals surface area (Å²) >= 11 is 0. The van der Waals surface area contributed by atoms with Crippen molar-refractivity contribution < 1.29 is 14.3 Å². The van der Waals surface area contributed by atoms with Gasteiger partial charge in [-0.25, -0.2) is 4.98 Å². The topological polar surface area (TPSA) is 73.7 Å². The number of para-hydroxylation sites is 1. The summed E-state index contributed by atoms with van der Waals surface area (Å²) in [7, 11) is 1.61. The molecule has 0 aliphatic heterocycles. The van der Waals surface area contributed by atoms with E-state index >= 15 is 0 Å². The van der Waals surface area contributed by atoms with Gasteiger partial charge in [-0.15, -0.1) is 0 Å². The molecule has 0 bridgehead atoms. The number of aromatic nitrogens is 2. The molecule has 0 saturated heterocycles. The zero-order valence-electron chi connectivity index (χ0n) is 23.0. The normalized spacial score (nSPS) is 11.9. The molecule has 0 fully saturated rings. The number of nitrogens with zero attached hydrogens (tertiary/aromatic N) is 3. The maximum Gasteiger partial charge on any atom is 0.266 e. The van der Waals surface area contributed by atoms with E-state index in [4.69, 9.17) is 14.5 Å². The molecule has 39 heavy (non-hydrogen) atoms. The number of rotatable bonds is 13. The van der Waals surface area contributed by atoms with E-state index in [0.717, 1.165) is 31.2 Å². The Hall–Kier alpha value is -3.97. The summed E-state index contributed by atoms with van der Waals surface area (Å²) in [5.41, 5.74) is 2.11. The first-order chi connectivity index (χ1) is 19.0. The van der Waals surface area contributed by atoms with Crippen LogP contribution in [-0.4, -0.2) is 40.6 Å². The van der Waals surface area contributed by atoms with Gasteiger partial charge in [-0.1, -0.05) is 68.7 Å². The van der Waals surface area contributed by atoms with Gasteiger partial charge in [0.1, 0.15) is 18.2 Å². The van der Waals surface area contributed by atoms with Crippen LogP contribution in [-0.2, 0) is 16.1 Å². The van der Waals surface area contributed by atoms with Crippen LogP contribution in [0.1, 0.15) is 57.0 Å². The number of carbonyl (C=O) groups is 1. The summed E-state index contributed by atoms with van der Waals surface area (Å²) in [4.78, 5) is 34.1. The Morgan fingerprint density at radius 1 is 0.949 bits per heavy atom. The van der Waals surface area contributed by atoms with Crippen LogP contribution in [0.3, 0.4) is 0 Å². The molecule has 1 heterocycles. The number of hydrogen-bond acceptors (Lipinski definition) is 5. The van der Waals surface area contributed by atoms with Crippen molar-refractivity contribution in [1.29, 1.82) is 0 Å². The van der Waals surface area contributed by atoms with Crippen molar-refractivity contribution in [2.24, 2.45) is 0 Å². The molecule has 3 aromatic carbocycles. The highest BCUT2D eigenvalue weighted by atomic mass is 16.5. The van der Waals surface area contributed by atoms with Gasteiger partial charge in [-0.2, -0.15) is 0 Å². The Morgan fingerprint density at radius 3 is 2.38 bits per heavy atom. The Labute approximate surface area is 230 Å². The van der Waals surface area contributed by atoms with Crippen LogP contribution < -0.4 is 10.3 Å². The minimum Gasteiger partial charge on any atom is -0.497 e. The highest BCUT2D eigenvalue weighted by Crippen LogP contribution is 2.25. The van der Waals surface area contributed by atoms with E-state index in [9.17, 15) is 9.59 Å². The van der Waals surface area contributed by atoms with E-state index < -0.39 is 6.04 Å². The fraction of sp³-hybridized carbons (Fsp3) is 0.344. The molecule has 0 N–H and O–H groups in total. The van der Waals surface area contributed by atoms with Gasteiger partial charge in [0.2, 0.25) is 5.91 Å². The molecule has 0 aliphatic carbocycles. The third-order valence-corrected chi connectivity index (χ3v) is 6.88. The van der Waals surface area contributed by atoms with Crippen LogP contribution >= 0.6 is 0 Å². The molecule has 0 saturated carbocycles. The zero-order valence-corrected chi connectivity index (χ0v) is 23.0. The molecule has 7 heteroatoms. The average Bonchev–Trinajstić information content (AvgIpc) is 2.97. The summed E-state index contributed by atoms with van der Waals surface area (Å²) in [5.74, 6) is 1.08. The molecule has 0 radical (unpaired) electrons. The monoisotopic (exact) mass is 527 g/mol. The molecule has 0 aliphatic rings. The van der Waals surface area contributed by atoms with Crippen LogP contribution in [0.15, 0.2) is 83.7 Å². The third kappa shape index (κ3) is 6.92. The highest BCUT2D eigenvalue weighted by molar-refractivity contribution is 5.79. The fourth-order valence-electron chi connectivity index (χ4n) is 4.71. The van der Waals surface area contributed by atoms with Crippen molar-refractivity contribution in [2.75, 3.05) is 20.3 Å². The Morgan fingerprint density at radius 2 is 1.67 bits per heavy atom. The summed E-state index contributed by atoms with van der Waals surface area (Å²) in [6.07, 6.45) is 4.09. The largest absolute Gasteiger partial charge is 0.497 e. The van der Waals surface area contributed by atoms with Gasteiger partial charge in [-0.05, 0) is 55.3 Å². The summed E-state index contributed by atoms with van der Waals surface area (Å²) in [6.45, 7) is 4.96. The predicted molar refractivity (Wildman–Crippen MR) is 154 cm³/mol. The lowest BCUT2D eigenvalue weighted by molar-refractivity contribution is -0.139. The SMILES string of the molecule is CCCCCCN(C(=O)COCc1ccccc1)C(C)c1nc2ccccc2c(=O)n1-c1ccc(OC)cc1. The van der Waals surface area contributed by atoms with Gasteiger partial charge in [0.15, 0.2) is 0 Å². The van der Waals surface area contributed by atoms with Crippen LogP contribution in [0.2, 0.25) is 0 Å². The fourth-order valence-corrected chi connectivity index (χ4v) is 4.71. The maximum atomic E-state index is 13.8. The minimum absolute atomic E-state index is 0.0483. The third-order valence-electron chi connectivity index (χ3n) is 6.88. The number of hydrogen-bond donors (Lipinski definition) is 0. The molecule has 0 spiro atoms. The number of carbonyl (C=O) groups excluding carboxylic acids is 1. The van der Waals surface area contributed by atoms with E-state index in [1.165, 1.54) is 0 Å². The Balaban J connectivity index is 1.69. The van der Waals surface area contributed by atoms with Crippen molar-refractivity contribution in [3.8, 4) is 11.4 Å². The first-order valence-corrected chi connectivity index (χ1v) is 13.6. The molecule has 204 valence electrons. The first-order valence-electron chi connectivity index (χ1n) is 13.6. The smallest absolute Gasteiger partial charge is 0.266 e. The second kappa shape index (κ2) is 13.7. The number of benzene rings is 3. The predicted octanol–water partition coefficient (Wildman–Crippen LogP) is 6.08. The summed E-state index contributed by atoms with van der Waals surface area (Å²) < 4.78 is 12.7. The van der Waals surface area contributed by atoms with Gasteiger partial charge in [0.25, 0.3) is 5.56 Å². The minimum atomic E-state index is -0.459. The molecule has 7 nitrogen and oxygen atoms in total. The van der Waals surface area contributed by atoms with Crippen LogP contribution in [0.5, 0.6) is 5.75 Å². The van der Waals surface area contributed by atoms with E-state index in [1.54, 1.807) is 22.6 Å². The lowest BCUT2D eigenvalue weighted by Crippen LogP contribution is -2.40. The molecular weight excluding hydrogens is 490 g/mol. The van der Waals surface area contributed by atoms with Crippen molar-refractivity contribution >= 4 is 16.8 Å². The summed E-state index contributed by atoms with van der Waals surface area (Å²) in [6, 6.07) is 24.0. The molecule has 4 rings (SSSR count). The van der Waals surface area contributed by atoms with Crippen molar-refractivity contribution in [3.63, 3.8) is 0 Å². The molecular formula is C32H37N3O4. The molecule has 1 atom stereocenters. The average molecular weight is 528 g/mol.